The Labute approximate surface area is 228 Å². The van der Waals surface area contributed by atoms with Gasteiger partial charge in [0.2, 0.25) is 10.0 Å². The zero-order chi connectivity index (χ0) is 28.6. The number of benzene rings is 2. The summed E-state index contributed by atoms with van der Waals surface area (Å²) in [6, 6.07) is 13.5. The number of nitrogens with one attached hydrogen (secondary N) is 1. The number of nitrogen functional groups attached to an aromatic ring is 1. The third-order valence-electron chi connectivity index (χ3n) is 5.96. The van der Waals surface area contributed by atoms with Gasteiger partial charge in [-0.25, -0.2) is 17.8 Å². The van der Waals surface area contributed by atoms with E-state index in [1.807, 2.05) is 13.8 Å². The van der Waals surface area contributed by atoms with Gasteiger partial charge in [-0.2, -0.15) is 4.31 Å². The van der Waals surface area contributed by atoms with Gasteiger partial charge >= 0.3 is 13.9 Å². The third kappa shape index (κ3) is 9.87. The zero-order valence-electron chi connectivity index (χ0n) is 21.9. The number of nitrogens with zero attached hydrogens (tertiary/aromatic N) is 1. The molecule has 2 aromatic carbocycles. The van der Waals surface area contributed by atoms with Crippen molar-refractivity contribution in [2.24, 2.45) is 5.92 Å². The first-order valence-corrected chi connectivity index (χ1v) is 15.5. The summed E-state index contributed by atoms with van der Waals surface area (Å²) in [6.07, 6.45) is -2.14. The van der Waals surface area contributed by atoms with Gasteiger partial charge in [0.05, 0.1) is 24.2 Å². The predicted molar refractivity (Wildman–Crippen MR) is 144 cm³/mol. The number of hydrogen-bond acceptors (Lipinski definition) is 8. The smallest absolute Gasteiger partial charge is 0.444 e. The molecule has 1 amide bonds. The lowest BCUT2D eigenvalue weighted by Gasteiger charge is -2.33. The highest BCUT2D eigenvalue weighted by Gasteiger charge is 2.37. The summed E-state index contributed by atoms with van der Waals surface area (Å²) in [5.74, 6) is -0.142. The molecule has 0 aliphatic carbocycles. The van der Waals surface area contributed by atoms with E-state index in [0.29, 0.717) is 18.7 Å². The number of alkyl carbamates (subject to hydrolysis) is 1. The molecule has 2 unspecified atom stereocenters. The Morgan fingerprint density at radius 2 is 1.82 bits per heavy atom. The summed E-state index contributed by atoms with van der Waals surface area (Å²) in [5, 5.41) is 2.65. The van der Waals surface area contributed by atoms with Gasteiger partial charge in [0.15, 0.2) is 0 Å². The molecule has 3 rings (SSSR count). The first-order valence-electron chi connectivity index (χ1n) is 12.5. The van der Waals surface area contributed by atoms with E-state index in [2.05, 4.69) is 5.32 Å². The maximum absolute atomic E-state index is 13.6. The van der Waals surface area contributed by atoms with E-state index in [-0.39, 0.29) is 30.4 Å². The molecule has 39 heavy (non-hydrogen) atoms. The second kappa shape index (κ2) is 13.7. The lowest BCUT2D eigenvalue weighted by atomic mass is 10.0. The Balaban J connectivity index is 1.96. The highest BCUT2D eigenvalue weighted by atomic mass is 32.2. The van der Waals surface area contributed by atoms with Gasteiger partial charge in [-0.3, -0.25) is 4.52 Å². The van der Waals surface area contributed by atoms with Crippen LogP contribution in [0.25, 0.3) is 0 Å². The minimum absolute atomic E-state index is 0.0235. The molecule has 5 N–H and O–H groups in total. The lowest BCUT2D eigenvalue weighted by molar-refractivity contribution is 0.0601. The molecule has 12 nitrogen and oxygen atoms in total. The average molecular weight is 586 g/mol. The summed E-state index contributed by atoms with van der Waals surface area (Å²) < 4.78 is 56.2. The van der Waals surface area contributed by atoms with Gasteiger partial charge in [0.25, 0.3) is 0 Å². The lowest BCUT2D eigenvalue weighted by Crippen LogP contribution is -2.52. The topological polar surface area (TPSA) is 178 Å². The number of carbonyl (C=O) groups excluding carboxylic acids is 1. The normalized spacial score (nSPS) is 17.7. The van der Waals surface area contributed by atoms with Crippen LogP contribution >= 0.6 is 7.82 Å². The molecule has 1 aliphatic heterocycles. The fourth-order valence-electron chi connectivity index (χ4n) is 4.16. The number of anilines is 1. The van der Waals surface area contributed by atoms with Crippen LogP contribution in [0.5, 0.6) is 0 Å². The van der Waals surface area contributed by atoms with E-state index in [1.165, 1.54) is 24.3 Å². The van der Waals surface area contributed by atoms with E-state index in [4.69, 9.17) is 19.7 Å². The van der Waals surface area contributed by atoms with Crippen molar-refractivity contribution in [2.45, 2.75) is 49.8 Å². The monoisotopic (exact) mass is 585 g/mol. The van der Waals surface area contributed by atoms with Crippen LogP contribution in [0.3, 0.4) is 0 Å². The van der Waals surface area contributed by atoms with Crippen molar-refractivity contribution < 1.29 is 41.6 Å². The first-order chi connectivity index (χ1) is 18.3. The summed E-state index contributed by atoms with van der Waals surface area (Å²) in [6.45, 7) is 3.87. The van der Waals surface area contributed by atoms with Crippen LogP contribution in [-0.2, 0) is 35.0 Å². The zero-order valence-corrected chi connectivity index (χ0v) is 23.6. The third-order valence-corrected chi connectivity index (χ3v) is 8.35. The maximum Gasteiger partial charge on any atom is 0.469 e. The van der Waals surface area contributed by atoms with Crippen molar-refractivity contribution in [3.8, 4) is 0 Å². The van der Waals surface area contributed by atoms with Crippen LogP contribution < -0.4 is 11.1 Å². The van der Waals surface area contributed by atoms with Crippen LogP contribution in [0.15, 0.2) is 59.5 Å². The fourth-order valence-corrected chi connectivity index (χ4v) is 6.35. The number of rotatable bonds is 13. The van der Waals surface area contributed by atoms with Gasteiger partial charge in [-0.15, -0.1) is 0 Å². The number of nitrogens with two attached hydrogens (primary N) is 1. The van der Waals surface area contributed by atoms with Gasteiger partial charge < -0.3 is 30.3 Å². The quantitative estimate of drug-likeness (QED) is 0.202. The molecule has 2 aromatic rings. The average Bonchev–Trinajstić information content (AvgIpc) is 3.35. The predicted octanol–water partition coefficient (Wildman–Crippen LogP) is 2.52. The van der Waals surface area contributed by atoms with Crippen LogP contribution in [0.4, 0.5) is 10.5 Å². The molecule has 1 fully saturated rings. The van der Waals surface area contributed by atoms with Gasteiger partial charge in [-0.05, 0) is 42.2 Å². The highest BCUT2D eigenvalue weighted by Crippen LogP contribution is 2.39. The Morgan fingerprint density at radius 1 is 1.15 bits per heavy atom. The van der Waals surface area contributed by atoms with Crippen LogP contribution in [-0.4, -0.2) is 73.2 Å². The van der Waals surface area contributed by atoms with E-state index in [1.54, 1.807) is 30.3 Å². The van der Waals surface area contributed by atoms with Crippen LogP contribution in [0.2, 0.25) is 0 Å². The molecule has 0 radical (unpaired) electrons. The van der Waals surface area contributed by atoms with Gasteiger partial charge in [0.1, 0.15) is 12.2 Å². The Hall–Kier alpha value is -2.51. The maximum atomic E-state index is 13.6. The molecule has 1 heterocycles. The Morgan fingerprint density at radius 3 is 2.38 bits per heavy atom. The molecule has 0 saturated carbocycles. The second-order valence-electron chi connectivity index (χ2n) is 9.75. The van der Waals surface area contributed by atoms with Crippen molar-refractivity contribution in [1.29, 1.82) is 0 Å². The highest BCUT2D eigenvalue weighted by molar-refractivity contribution is 7.89. The number of carbonyl (C=O) groups is 1. The summed E-state index contributed by atoms with van der Waals surface area (Å²) >= 11 is 0. The van der Waals surface area contributed by atoms with E-state index in [9.17, 15) is 27.6 Å². The minimum Gasteiger partial charge on any atom is -0.444 e. The summed E-state index contributed by atoms with van der Waals surface area (Å²) in [5.41, 5.74) is 6.82. The summed E-state index contributed by atoms with van der Waals surface area (Å²) in [4.78, 5) is 32.3. The number of ether oxygens (including phenoxy) is 2. The van der Waals surface area contributed by atoms with E-state index in [0.717, 1.165) is 9.87 Å². The largest absolute Gasteiger partial charge is 0.469 e. The molecule has 0 aromatic heterocycles. The van der Waals surface area contributed by atoms with Crippen molar-refractivity contribution >= 4 is 29.6 Å². The molecule has 3 atom stereocenters. The molecule has 1 saturated heterocycles. The van der Waals surface area contributed by atoms with Crippen molar-refractivity contribution in [2.75, 3.05) is 32.0 Å². The molecular weight excluding hydrogens is 549 g/mol. The van der Waals surface area contributed by atoms with Crippen LogP contribution in [0.1, 0.15) is 25.8 Å². The van der Waals surface area contributed by atoms with Crippen LogP contribution in [0, 0.1) is 5.92 Å². The van der Waals surface area contributed by atoms with Crippen molar-refractivity contribution in [3.63, 3.8) is 0 Å². The minimum atomic E-state index is -5.12. The standard InChI is InChI=1S/C25H36N3O9PS/c1-18(2)15-28(39(33,34)22-10-8-20(26)9-11-22)16-24(37-38(30,31)32)23(14-19-6-4-3-5-7-19)27-25(29)36-21-12-13-35-17-21/h3-11,18,21,23-24H,12-17,26H2,1-2H3,(H,27,29)(H2,30,31,32)/t21?,23?,24-/m1/s1. The summed E-state index contributed by atoms with van der Waals surface area (Å²) in [7, 11) is -9.26. The molecular formula is C25H36N3O9PS. The number of sulfonamides is 1. The van der Waals surface area contributed by atoms with Crippen molar-refractivity contribution in [1.82, 2.24) is 9.62 Å². The van der Waals surface area contributed by atoms with Gasteiger partial charge in [0, 0.05) is 25.2 Å². The second-order valence-corrected chi connectivity index (χ2v) is 12.9. The van der Waals surface area contributed by atoms with E-state index >= 15 is 0 Å². The van der Waals surface area contributed by atoms with E-state index < -0.39 is 48.7 Å². The number of amides is 1. The van der Waals surface area contributed by atoms with Crippen molar-refractivity contribution in [3.05, 3.63) is 60.2 Å². The fraction of sp³-hybridized carbons (Fsp3) is 0.480. The number of phosphoric acid groups is 1. The number of phosphoric ester groups is 1. The molecule has 1 aliphatic rings. The van der Waals surface area contributed by atoms with Gasteiger partial charge in [-0.1, -0.05) is 44.2 Å². The molecule has 216 valence electrons. The number of hydrogen-bond donors (Lipinski definition) is 4. The molecule has 0 spiro atoms. The molecule has 0 bridgehead atoms. The first kappa shape index (κ1) is 31.0. The molecule has 14 heteroatoms. The Kier molecular flexibility index (Phi) is 10.9. The SMILES string of the molecule is CC(C)CN(C[C@@H](OP(=O)(O)O)C(Cc1ccccc1)NC(=O)OC1CCOC1)S(=O)(=O)c1ccc(N)cc1. The Bertz CT molecular complexity index is 1220.